The number of anilines is 1. The molecule has 2 aromatic rings. The fraction of sp³-hybridized carbons (Fsp3) is 0.200. The second-order valence-corrected chi connectivity index (χ2v) is 3.60. The molecule has 0 aliphatic heterocycles. The van der Waals surface area contributed by atoms with Crippen molar-refractivity contribution in [3.05, 3.63) is 30.1 Å². The van der Waals surface area contributed by atoms with Crippen molar-refractivity contribution in [1.82, 2.24) is 9.97 Å². The molecule has 5 heteroatoms. The lowest BCUT2D eigenvalue weighted by Crippen LogP contribution is -1.95. The van der Waals surface area contributed by atoms with Gasteiger partial charge in [0.25, 0.3) is 0 Å². The first-order chi connectivity index (χ1) is 7.35. The molecular formula is C10H10IN3O. The monoisotopic (exact) mass is 315 g/mol. The summed E-state index contributed by atoms with van der Waals surface area (Å²) in [5, 5.41) is 1.02. The van der Waals surface area contributed by atoms with E-state index < -0.39 is 0 Å². The van der Waals surface area contributed by atoms with Crippen LogP contribution in [0, 0.1) is 0 Å². The van der Waals surface area contributed by atoms with Crippen LogP contribution in [-0.2, 0) is 11.3 Å². The van der Waals surface area contributed by atoms with Crippen molar-refractivity contribution in [1.29, 1.82) is 0 Å². The van der Waals surface area contributed by atoms with Gasteiger partial charge in [0.2, 0.25) is 0 Å². The van der Waals surface area contributed by atoms with Crippen molar-refractivity contribution in [3.8, 4) is 0 Å². The summed E-state index contributed by atoms with van der Waals surface area (Å²) in [6, 6.07) is 5.88. The Labute approximate surface area is 102 Å². The summed E-state index contributed by atoms with van der Waals surface area (Å²) in [4.78, 5) is 8.62. The highest BCUT2D eigenvalue weighted by Gasteiger charge is 2.03. The molecule has 2 heterocycles. The lowest BCUT2D eigenvalue weighted by Gasteiger charge is -2.04. The van der Waals surface area contributed by atoms with Gasteiger partial charge >= 0.3 is 0 Å². The zero-order valence-electron chi connectivity index (χ0n) is 8.20. The minimum Gasteiger partial charge on any atom is -0.378 e. The Hall–Kier alpha value is -0.950. The Morgan fingerprint density at radius 1 is 1.40 bits per heavy atom. The van der Waals surface area contributed by atoms with Crippen molar-refractivity contribution in [2.24, 2.45) is 0 Å². The minimum absolute atomic E-state index is 0.513. The molecule has 4 nitrogen and oxygen atoms in total. The van der Waals surface area contributed by atoms with Gasteiger partial charge in [-0.1, -0.05) is 0 Å². The third-order valence-corrected chi connectivity index (χ3v) is 2.64. The van der Waals surface area contributed by atoms with E-state index >= 15 is 0 Å². The molecule has 0 bridgehead atoms. The van der Waals surface area contributed by atoms with Crippen LogP contribution < -0.4 is 3.53 Å². The largest absolute Gasteiger partial charge is 0.378 e. The molecule has 2 rings (SSSR count). The molecule has 0 aliphatic carbocycles. The molecule has 1 N–H and O–H groups in total. The predicted octanol–water partition coefficient (Wildman–Crippen LogP) is 2.54. The number of nitrogens with zero attached hydrogens (tertiary/aromatic N) is 2. The molecule has 0 unspecified atom stereocenters. The van der Waals surface area contributed by atoms with Crippen molar-refractivity contribution in [2.45, 2.75) is 6.61 Å². The Kier molecular flexibility index (Phi) is 3.32. The lowest BCUT2D eigenvalue weighted by molar-refractivity contribution is 0.182. The van der Waals surface area contributed by atoms with Gasteiger partial charge in [0.15, 0.2) is 5.65 Å². The van der Waals surface area contributed by atoms with Crippen LogP contribution in [0.1, 0.15) is 5.69 Å². The molecule has 0 spiro atoms. The van der Waals surface area contributed by atoms with E-state index in [-0.39, 0.29) is 0 Å². The van der Waals surface area contributed by atoms with Crippen molar-refractivity contribution in [2.75, 3.05) is 10.6 Å². The number of rotatable bonds is 3. The van der Waals surface area contributed by atoms with Gasteiger partial charge in [0.05, 0.1) is 40.9 Å². The van der Waals surface area contributed by atoms with E-state index in [2.05, 4.69) is 36.4 Å². The number of fused-ring (bicyclic) bond motifs is 1. The smallest absolute Gasteiger partial charge is 0.161 e. The highest BCUT2D eigenvalue weighted by molar-refractivity contribution is 14.1. The Balaban J connectivity index is 2.53. The van der Waals surface area contributed by atoms with Crippen LogP contribution in [-0.4, -0.2) is 17.1 Å². The topological polar surface area (TPSA) is 47.0 Å². The Morgan fingerprint density at radius 3 is 3.00 bits per heavy atom. The lowest BCUT2D eigenvalue weighted by atomic mass is 10.2. The van der Waals surface area contributed by atoms with E-state index in [0.717, 1.165) is 22.4 Å². The van der Waals surface area contributed by atoms with Gasteiger partial charge in [-0.25, -0.2) is 9.97 Å². The van der Waals surface area contributed by atoms with Gasteiger partial charge in [-0.05, 0) is 18.2 Å². The van der Waals surface area contributed by atoms with Gasteiger partial charge in [-0.3, -0.25) is 0 Å². The summed E-state index contributed by atoms with van der Waals surface area (Å²) in [5.41, 5.74) is 2.66. The first kappa shape index (κ1) is 10.6. The van der Waals surface area contributed by atoms with Crippen molar-refractivity contribution >= 4 is 39.6 Å². The maximum atomic E-state index is 5.03. The quantitative estimate of drug-likeness (QED) is 0.698. The first-order valence-corrected chi connectivity index (χ1v) is 5.53. The van der Waals surface area contributed by atoms with Gasteiger partial charge in [0, 0.05) is 18.7 Å². The van der Waals surface area contributed by atoms with Crippen LogP contribution in [0.15, 0.2) is 24.4 Å². The number of pyridine rings is 2. The number of hydrogen-bond donors (Lipinski definition) is 1. The molecule has 15 heavy (non-hydrogen) atoms. The SMILES string of the molecule is COCc1ccc2c(NI)ccnc2n1. The van der Waals surface area contributed by atoms with Gasteiger partial charge < -0.3 is 8.27 Å². The van der Waals surface area contributed by atoms with Crippen molar-refractivity contribution in [3.63, 3.8) is 0 Å². The zero-order chi connectivity index (χ0) is 10.7. The predicted molar refractivity (Wildman–Crippen MR) is 67.9 cm³/mol. The molecule has 0 fully saturated rings. The Bertz CT molecular complexity index is 475. The number of nitrogens with one attached hydrogen (secondary N) is 1. The molecule has 2 aromatic heterocycles. The van der Waals surface area contributed by atoms with E-state index in [0.29, 0.717) is 6.61 Å². The van der Waals surface area contributed by atoms with E-state index in [1.807, 2.05) is 18.2 Å². The summed E-state index contributed by atoms with van der Waals surface area (Å²) in [6.07, 6.45) is 1.74. The summed E-state index contributed by atoms with van der Waals surface area (Å²) >= 11 is 2.10. The van der Waals surface area contributed by atoms with Crippen LogP contribution in [0.25, 0.3) is 11.0 Å². The maximum Gasteiger partial charge on any atom is 0.161 e. The number of ether oxygens (including phenoxy) is 1. The number of aromatic nitrogens is 2. The van der Waals surface area contributed by atoms with E-state index in [1.165, 1.54) is 0 Å². The summed E-state index contributed by atoms with van der Waals surface area (Å²) in [5.74, 6) is 0. The minimum atomic E-state index is 0.513. The van der Waals surface area contributed by atoms with Crippen LogP contribution in [0.5, 0.6) is 0 Å². The third kappa shape index (κ3) is 2.18. The summed E-state index contributed by atoms with van der Waals surface area (Å²) in [7, 11) is 1.65. The fourth-order valence-corrected chi connectivity index (χ4v) is 1.85. The van der Waals surface area contributed by atoms with Crippen LogP contribution in [0.3, 0.4) is 0 Å². The second-order valence-electron chi connectivity index (χ2n) is 3.06. The third-order valence-electron chi connectivity index (χ3n) is 2.06. The standard InChI is InChI=1S/C10H10IN3O/c1-15-6-7-2-3-8-9(14-11)4-5-12-10(8)13-7/h2-5H,6H2,1H3,(H,12,13,14). The number of hydrogen-bond acceptors (Lipinski definition) is 4. The normalized spacial score (nSPS) is 10.5. The number of halogens is 1. The van der Waals surface area contributed by atoms with E-state index in [1.54, 1.807) is 13.3 Å². The molecule has 0 saturated heterocycles. The second kappa shape index (κ2) is 4.71. The molecular weight excluding hydrogens is 305 g/mol. The average molecular weight is 315 g/mol. The fourth-order valence-electron chi connectivity index (χ4n) is 1.38. The molecule has 0 atom stereocenters. The molecule has 0 aliphatic rings. The van der Waals surface area contributed by atoms with Crippen molar-refractivity contribution < 1.29 is 4.74 Å². The highest BCUT2D eigenvalue weighted by Crippen LogP contribution is 2.21. The van der Waals surface area contributed by atoms with Gasteiger partial charge in [-0.15, -0.1) is 0 Å². The molecule has 78 valence electrons. The van der Waals surface area contributed by atoms with E-state index in [9.17, 15) is 0 Å². The molecule has 0 aromatic carbocycles. The number of methoxy groups -OCH3 is 1. The maximum absolute atomic E-state index is 5.03. The zero-order valence-corrected chi connectivity index (χ0v) is 10.4. The van der Waals surface area contributed by atoms with Gasteiger partial charge in [0.1, 0.15) is 0 Å². The first-order valence-electron chi connectivity index (χ1n) is 4.45. The molecule has 0 radical (unpaired) electrons. The van der Waals surface area contributed by atoms with Crippen LogP contribution in [0.4, 0.5) is 5.69 Å². The molecule has 0 saturated carbocycles. The van der Waals surface area contributed by atoms with E-state index in [4.69, 9.17) is 4.74 Å². The molecule has 0 amide bonds. The van der Waals surface area contributed by atoms with Crippen LogP contribution >= 0.6 is 22.9 Å². The van der Waals surface area contributed by atoms with Gasteiger partial charge in [-0.2, -0.15) is 0 Å². The summed E-state index contributed by atoms with van der Waals surface area (Å²) in [6.45, 7) is 0.513. The Morgan fingerprint density at radius 2 is 2.27 bits per heavy atom. The highest BCUT2D eigenvalue weighted by atomic mass is 127. The van der Waals surface area contributed by atoms with Crippen LogP contribution in [0.2, 0.25) is 0 Å². The summed E-state index contributed by atoms with van der Waals surface area (Å²) < 4.78 is 8.11. The average Bonchev–Trinajstić information content (AvgIpc) is 2.28.